The highest BCUT2D eigenvalue weighted by Gasteiger charge is 2.05. The standard InChI is InChI=1S/C17H17N3O2/c1-11(16(22)20-17(18)19)10-12-6-8-13(9-7-12)14-4-2-3-5-15(14)21/h2-10,21H,1H3,(H4,18,19,20,22). The summed E-state index contributed by atoms with van der Waals surface area (Å²) in [5.74, 6) is -0.498. The number of amides is 1. The van der Waals surface area contributed by atoms with Crippen molar-refractivity contribution in [2.75, 3.05) is 0 Å². The molecule has 22 heavy (non-hydrogen) atoms. The van der Waals surface area contributed by atoms with Crippen molar-refractivity contribution < 1.29 is 9.90 Å². The first-order valence-electron chi connectivity index (χ1n) is 6.68. The molecular weight excluding hydrogens is 278 g/mol. The third-order valence-corrected chi connectivity index (χ3v) is 3.08. The van der Waals surface area contributed by atoms with Crippen LogP contribution in [0.15, 0.2) is 59.1 Å². The molecule has 5 heteroatoms. The van der Waals surface area contributed by atoms with E-state index in [2.05, 4.69) is 4.99 Å². The largest absolute Gasteiger partial charge is 0.507 e. The number of guanidine groups is 1. The first-order valence-corrected chi connectivity index (χ1v) is 6.68. The molecule has 2 aromatic rings. The molecule has 0 saturated carbocycles. The highest BCUT2D eigenvalue weighted by Crippen LogP contribution is 2.28. The van der Waals surface area contributed by atoms with E-state index in [0.29, 0.717) is 5.57 Å². The Balaban J connectivity index is 2.25. The van der Waals surface area contributed by atoms with Crippen LogP contribution in [0.2, 0.25) is 0 Å². The fraction of sp³-hybridized carbons (Fsp3) is 0.0588. The number of aromatic hydroxyl groups is 1. The quantitative estimate of drug-likeness (QED) is 0.459. The van der Waals surface area contributed by atoms with Gasteiger partial charge < -0.3 is 16.6 Å². The van der Waals surface area contributed by atoms with Crippen LogP contribution < -0.4 is 11.5 Å². The smallest absolute Gasteiger partial charge is 0.275 e. The molecule has 0 aliphatic carbocycles. The number of aliphatic imine (C=N–C) groups is 1. The second-order valence-electron chi connectivity index (χ2n) is 4.81. The zero-order valence-corrected chi connectivity index (χ0v) is 12.2. The van der Waals surface area contributed by atoms with E-state index in [4.69, 9.17) is 11.5 Å². The van der Waals surface area contributed by atoms with Crippen molar-refractivity contribution >= 4 is 17.9 Å². The van der Waals surface area contributed by atoms with E-state index in [-0.39, 0.29) is 11.7 Å². The summed E-state index contributed by atoms with van der Waals surface area (Å²) in [4.78, 5) is 15.1. The zero-order chi connectivity index (χ0) is 16.1. The van der Waals surface area contributed by atoms with Crippen LogP contribution in [-0.4, -0.2) is 17.0 Å². The molecule has 5 N–H and O–H groups in total. The molecule has 1 amide bonds. The van der Waals surface area contributed by atoms with Crippen molar-refractivity contribution in [3.63, 3.8) is 0 Å². The van der Waals surface area contributed by atoms with Gasteiger partial charge >= 0.3 is 0 Å². The number of hydrogen-bond acceptors (Lipinski definition) is 2. The molecule has 112 valence electrons. The maximum atomic E-state index is 11.6. The van der Waals surface area contributed by atoms with Gasteiger partial charge in [0.2, 0.25) is 0 Å². The van der Waals surface area contributed by atoms with Crippen molar-refractivity contribution in [2.24, 2.45) is 16.5 Å². The summed E-state index contributed by atoms with van der Waals surface area (Å²) >= 11 is 0. The molecule has 2 rings (SSSR count). The van der Waals surface area contributed by atoms with Gasteiger partial charge in [-0.15, -0.1) is 0 Å². The van der Waals surface area contributed by atoms with Gasteiger partial charge in [-0.1, -0.05) is 42.5 Å². The molecule has 0 radical (unpaired) electrons. The number of para-hydroxylation sites is 1. The fourth-order valence-electron chi connectivity index (χ4n) is 1.99. The van der Waals surface area contributed by atoms with Crippen LogP contribution in [0.25, 0.3) is 17.2 Å². The minimum Gasteiger partial charge on any atom is -0.507 e. The number of nitrogens with zero attached hydrogens (tertiary/aromatic N) is 1. The Morgan fingerprint density at radius 1 is 1.09 bits per heavy atom. The van der Waals surface area contributed by atoms with E-state index in [0.717, 1.165) is 16.7 Å². The van der Waals surface area contributed by atoms with Crippen LogP contribution in [0.4, 0.5) is 0 Å². The predicted octanol–water partition coefficient (Wildman–Crippen LogP) is 2.26. The molecule has 0 spiro atoms. The predicted molar refractivity (Wildman–Crippen MR) is 88.0 cm³/mol. The van der Waals surface area contributed by atoms with Gasteiger partial charge in [0.1, 0.15) is 5.75 Å². The van der Waals surface area contributed by atoms with Crippen molar-refractivity contribution in [1.29, 1.82) is 0 Å². The Hall–Kier alpha value is -3.08. The number of benzene rings is 2. The number of hydrogen-bond donors (Lipinski definition) is 3. The van der Waals surface area contributed by atoms with Crippen LogP contribution in [0.5, 0.6) is 5.75 Å². The maximum absolute atomic E-state index is 11.6. The maximum Gasteiger partial charge on any atom is 0.275 e. The average Bonchev–Trinajstić information content (AvgIpc) is 2.48. The molecule has 5 nitrogen and oxygen atoms in total. The molecule has 0 saturated heterocycles. The molecule has 0 fully saturated rings. The highest BCUT2D eigenvalue weighted by molar-refractivity contribution is 6.03. The molecule has 2 aromatic carbocycles. The zero-order valence-electron chi connectivity index (χ0n) is 12.2. The highest BCUT2D eigenvalue weighted by atomic mass is 16.3. The normalized spacial score (nSPS) is 11.0. The Kier molecular flexibility index (Phi) is 4.58. The summed E-state index contributed by atoms with van der Waals surface area (Å²) in [7, 11) is 0. The van der Waals surface area contributed by atoms with Gasteiger partial charge in [0.15, 0.2) is 5.96 Å². The van der Waals surface area contributed by atoms with E-state index in [1.165, 1.54) is 0 Å². The number of nitrogens with two attached hydrogens (primary N) is 2. The molecule has 0 unspecified atom stereocenters. The van der Waals surface area contributed by atoms with Crippen LogP contribution in [0, 0.1) is 0 Å². The molecule has 0 atom stereocenters. The Labute approximate surface area is 128 Å². The second-order valence-corrected chi connectivity index (χ2v) is 4.81. The molecule has 0 bridgehead atoms. The SMILES string of the molecule is CC(=Cc1ccc(-c2ccccc2O)cc1)C(=O)N=C(N)N. The van der Waals surface area contributed by atoms with Gasteiger partial charge in [-0.3, -0.25) is 4.79 Å². The lowest BCUT2D eigenvalue weighted by atomic mass is 10.0. The first kappa shape index (κ1) is 15.3. The number of rotatable bonds is 3. The summed E-state index contributed by atoms with van der Waals surface area (Å²) < 4.78 is 0. The monoisotopic (exact) mass is 295 g/mol. The minimum atomic E-state index is -0.468. The van der Waals surface area contributed by atoms with E-state index in [1.54, 1.807) is 25.1 Å². The van der Waals surface area contributed by atoms with Crippen molar-refractivity contribution in [2.45, 2.75) is 6.92 Å². The fourth-order valence-corrected chi connectivity index (χ4v) is 1.99. The number of carbonyl (C=O) groups excluding carboxylic acids is 1. The Morgan fingerprint density at radius 3 is 2.32 bits per heavy atom. The van der Waals surface area contributed by atoms with Crippen LogP contribution >= 0.6 is 0 Å². The van der Waals surface area contributed by atoms with Gasteiger partial charge in [-0.2, -0.15) is 4.99 Å². The lowest BCUT2D eigenvalue weighted by Gasteiger charge is -2.05. The third kappa shape index (κ3) is 3.73. The average molecular weight is 295 g/mol. The van der Waals surface area contributed by atoms with Crippen LogP contribution in [-0.2, 0) is 4.79 Å². The van der Waals surface area contributed by atoms with Gasteiger partial charge in [0.25, 0.3) is 5.91 Å². The molecule has 0 aromatic heterocycles. The van der Waals surface area contributed by atoms with Gasteiger partial charge in [-0.05, 0) is 30.2 Å². The van der Waals surface area contributed by atoms with E-state index < -0.39 is 5.91 Å². The summed E-state index contributed by atoms with van der Waals surface area (Å²) in [6, 6.07) is 14.6. The number of carbonyl (C=O) groups is 1. The number of phenols is 1. The summed E-state index contributed by atoms with van der Waals surface area (Å²) in [5.41, 5.74) is 13.3. The lowest BCUT2D eigenvalue weighted by molar-refractivity contribution is -0.114. The summed E-state index contributed by atoms with van der Waals surface area (Å²) in [6.07, 6.45) is 1.70. The minimum absolute atomic E-state index is 0.227. The van der Waals surface area contributed by atoms with Gasteiger partial charge in [0.05, 0.1) is 0 Å². The summed E-state index contributed by atoms with van der Waals surface area (Å²) in [6.45, 7) is 1.64. The van der Waals surface area contributed by atoms with Gasteiger partial charge in [-0.25, -0.2) is 0 Å². The Morgan fingerprint density at radius 2 is 1.73 bits per heavy atom. The van der Waals surface area contributed by atoms with E-state index in [1.807, 2.05) is 36.4 Å². The van der Waals surface area contributed by atoms with E-state index in [9.17, 15) is 9.90 Å². The second kappa shape index (κ2) is 6.58. The number of phenolic OH excluding ortho intramolecular Hbond substituents is 1. The summed E-state index contributed by atoms with van der Waals surface area (Å²) in [5, 5.41) is 9.84. The van der Waals surface area contributed by atoms with Gasteiger partial charge in [0, 0.05) is 11.1 Å². The molecular formula is C17H17N3O2. The topological polar surface area (TPSA) is 102 Å². The third-order valence-electron chi connectivity index (χ3n) is 3.08. The van der Waals surface area contributed by atoms with Crippen molar-refractivity contribution in [3.05, 3.63) is 59.7 Å². The molecule has 0 heterocycles. The van der Waals surface area contributed by atoms with Crippen molar-refractivity contribution in [1.82, 2.24) is 0 Å². The Bertz CT molecular complexity index is 743. The van der Waals surface area contributed by atoms with Crippen LogP contribution in [0.3, 0.4) is 0 Å². The first-order chi connectivity index (χ1) is 10.5. The van der Waals surface area contributed by atoms with Crippen molar-refractivity contribution in [3.8, 4) is 16.9 Å². The molecule has 0 aliphatic heterocycles. The van der Waals surface area contributed by atoms with Crippen LogP contribution in [0.1, 0.15) is 12.5 Å². The van der Waals surface area contributed by atoms with E-state index >= 15 is 0 Å². The molecule has 0 aliphatic rings. The lowest BCUT2D eigenvalue weighted by Crippen LogP contribution is -2.24.